The first-order valence-corrected chi connectivity index (χ1v) is 11.7. The summed E-state index contributed by atoms with van der Waals surface area (Å²) in [4.78, 5) is 33.1. The topological polar surface area (TPSA) is 73.2 Å². The number of hydrogen-bond donors (Lipinski definition) is 1. The maximum atomic E-state index is 13.6. The zero-order chi connectivity index (χ0) is 23.7. The highest BCUT2D eigenvalue weighted by Crippen LogP contribution is 2.36. The van der Waals surface area contributed by atoms with Gasteiger partial charge in [-0.1, -0.05) is 48.4 Å². The van der Waals surface area contributed by atoms with E-state index in [2.05, 4.69) is 10.3 Å². The average molecular weight is 482 g/mol. The van der Waals surface area contributed by atoms with Crippen molar-refractivity contribution in [2.24, 2.45) is 0 Å². The van der Waals surface area contributed by atoms with Gasteiger partial charge in [0, 0.05) is 15.5 Å². The van der Waals surface area contributed by atoms with E-state index in [1.165, 1.54) is 29.3 Å². The van der Waals surface area contributed by atoms with E-state index in [1.807, 2.05) is 45.0 Å². The summed E-state index contributed by atoms with van der Waals surface area (Å²) in [5.41, 5.74) is 3.18. The highest BCUT2D eigenvalue weighted by molar-refractivity contribution is 7.19. The summed E-state index contributed by atoms with van der Waals surface area (Å²) >= 11 is 7.58. The molecule has 4 aromatic rings. The van der Waals surface area contributed by atoms with Crippen LogP contribution in [0.1, 0.15) is 29.8 Å². The van der Waals surface area contributed by atoms with Crippen molar-refractivity contribution in [3.8, 4) is 16.9 Å². The van der Waals surface area contributed by atoms with Crippen molar-refractivity contribution >= 4 is 44.7 Å². The molecule has 0 radical (unpaired) electrons. The Morgan fingerprint density at radius 1 is 1.21 bits per heavy atom. The van der Waals surface area contributed by atoms with Crippen molar-refractivity contribution in [3.05, 3.63) is 74.6 Å². The molecule has 0 aliphatic carbocycles. The van der Waals surface area contributed by atoms with Crippen molar-refractivity contribution in [2.45, 2.75) is 33.2 Å². The molecule has 0 aliphatic heterocycles. The zero-order valence-corrected chi connectivity index (χ0v) is 20.4. The molecule has 0 bridgehead atoms. The first-order valence-electron chi connectivity index (χ1n) is 10.6. The Kier molecular flexibility index (Phi) is 6.54. The van der Waals surface area contributed by atoms with Gasteiger partial charge < -0.3 is 10.1 Å². The van der Waals surface area contributed by atoms with E-state index in [-0.39, 0.29) is 11.5 Å². The van der Waals surface area contributed by atoms with Gasteiger partial charge in [-0.3, -0.25) is 14.2 Å². The van der Waals surface area contributed by atoms with Crippen molar-refractivity contribution in [3.63, 3.8) is 0 Å². The number of carbonyl (C=O) groups is 1. The fraction of sp³-hybridized carbons (Fsp3) is 0.240. The van der Waals surface area contributed by atoms with Crippen LogP contribution >= 0.6 is 22.9 Å². The predicted octanol–water partition coefficient (Wildman–Crippen LogP) is 5.99. The molecule has 1 N–H and O–H groups in total. The molecule has 0 fully saturated rings. The molecule has 1 unspecified atom stereocenters. The van der Waals surface area contributed by atoms with Crippen LogP contribution in [0.3, 0.4) is 0 Å². The van der Waals surface area contributed by atoms with Gasteiger partial charge in [-0.05, 0) is 44.0 Å². The van der Waals surface area contributed by atoms with Gasteiger partial charge in [-0.2, -0.15) is 0 Å². The number of anilines is 1. The van der Waals surface area contributed by atoms with Crippen LogP contribution in [-0.2, 0) is 4.79 Å². The van der Waals surface area contributed by atoms with Crippen LogP contribution < -0.4 is 15.6 Å². The van der Waals surface area contributed by atoms with Gasteiger partial charge in [0.25, 0.3) is 5.56 Å². The van der Waals surface area contributed by atoms with Crippen LogP contribution in [0.5, 0.6) is 5.75 Å². The highest BCUT2D eigenvalue weighted by Gasteiger charge is 2.24. The van der Waals surface area contributed by atoms with Gasteiger partial charge in [0.05, 0.1) is 24.5 Å². The van der Waals surface area contributed by atoms with Crippen molar-refractivity contribution in [1.82, 2.24) is 9.55 Å². The molecule has 2 heterocycles. The Balaban J connectivity index is 1.78. The Hall–Kier alpha value is -3.16. The largest absolute Gasteiger partial charge is 0.495 e. The molecule has 170 valence electrons. The number of carbonyl (C=O) groups excluding carboxylic acids is 1. The summed E-state index contributed by atoms with van der Waals surface area (Å²) in [5, 5.41) is 3.86. The first kappa shape index (κ1) is 23.0. The van der Waals surface area contributed by atoms with E-state index in [1.54, 1.807) is 18.2 Å². The number of amides is 1. The third-order valence-electron chi connectivity index (χ3n) is 5.60. The number of thiophene rings is 1. The lowest BCUT2D eigenvalue weighted by molar-refractivity contribution is -0.119. The maximum absolute atomic E-state index is 13.6. The molecule has 4 rings (SSSR count). The van der Waals surface area contributed by atoms with E-state index in [0.717, 1.165) is 21.6 Å². The van der Waals surface area contributed by atoms with Gasteiger partial charge in [-0.25, -0.2) is 4.98 Å². The number of hydrogen-bond acceptors (Lipinski definition) is 5. The monoisotopic (exact) mass is 481 g/mol. The number of ether oxygens (including phenoxy) is 1. The number of methoxy groups -OCH3 is 1. The minimum atomic E-state index is -0.746. The van der Waals surface area contributed by atoms with E-state index in [0.29, 0.717) is 33.1 Å². The van der Waals surface area contributed by atoms with E-state index in [4.69, 9.17) is 16.3 Å². The molecule has 1 atom stereocenters. The predicted molar refractivity (Wildman–Crippen MR) is 135 cm³/mol. The summed E-state index contributed by atoms with van der Waals surface area (Å²) in [6, 6.07) is 12.3. The van der Waals surface area contributed by atoms with Gasteiger partial charge >= 0.3 is 0 Å². The van der Waals surface area contributed by atoms with Crippen molar-refractivity contribution < 1.29 is 9.53 Å². The molecule has 2 aromatic heterocycles. The van der Waals surface area contributed by atoms with Crippen LogP contribution in [0, 0.1) is 13.8 Å². The van der Waals surface area contributed by atoms with Crippen LogP contribution in [0.25, 0.3) is 21.3 Å². The Bertz CT molecular complexity index is 1390. The summed E-state index contributed by atoms with van der Waals surface area (Å²) in [6.07, 6.45) is 1.87. The number of nitrogens with one attached hydrogen (secondary N) is 1. The molecule has 6 nitrogen and oxygen atoms in total. The quantitative estimate of drug-likeness (QED) is 0.367. The second-order valence-electron chi connectivity index (χ2n) is 7.79. The molecule has 0 saturated heterocycles. The standard InChI is InChI=1S/C25H24ClN3O3S/c1-5-19(23(30)28-18-12-17(26)10-11-20(18)32-4)29-13-27-24-22(25(29)31)21(15(3)33-24)16-8-6-14(2)7-9-16/h6-13,19H,5H2,1-4H3,(H,28,30). The van der Waals surface area contributed by atoms with Crippen LogP contribution in [-0.4, -0.2) is 22.6 Å². The molecule has 1 amide bonds. The van der Waals surface area contributed by atoms with Crippen molar-refractivity contribution in [2.75, 3.05) is 12.4 Å². The van der Waals surface area contributed by atoms with Crippen LogP contribution in [0.4, 0.5) is 5.69 Å². The molecule has 2 aromatic carbocycles. The molecular weight excluding hydrogens is 458 g/mol. The van der Waals surface area contributed by atoms with Crippen LogP contribution in [0.2, 0.25) is 5.02 Å². The van der Waals surface area contributed by atoms with Crippen molar-refractivity contribution in [1.29, 1.82) is 0 Å². The lowest BCUT2D eigenvalue weighted by atomic mass is 10.0. The van der Waals surface area contributed by atoms with E-state index >= 15 is 0 Å². The molecule has 0 saturated carbocycles. The third-order valence-corrected chi connectivity index (χ3v) is 6.85. The number of aromatic nitrogens is 2. The summed E-state index contributed by atoms with van der Waals surface area (Å²) < 4.78 is 6.74. The van der Waals surface area contributed by atoms with E-state index in [9.17, 15) is 9.59 Å². The fourth-order valence-electron chi connectivity index (χ4n) is 3.91. The summed E-state index contributed by atoms with van der Waals surface area (Å²) in [5.74, 6) is 0.142. The number of nitrogens with zero attached hydrogens (tertiary/aromatic N) is 2. The number of benzene rings is 2. The lowest BCUT2D eigenvalue weighted by Crippen LogP contribution is -2.33. The Morgan fingerprint density at radius 3 is 2.61 bits per heavy atom. The number of halogens is 1. The molecular formula is C25H24ClN3O3S. The minimum Gasteiger partial charge on any atom is -0.495 e. The van der Waals surface area contributed by atoms with Gasteiger partial charge in [0.15, 0.2) is 0 Å². The molecule has 0 spiro atoms. The normalized spacial score (nSPS) is 12.0. The van der Waals surface area contributed by atoms with Gasteiger partial charge in [-0.15, -0.1) is 11.3 Å². The average Bonchev–Trinajstić information content (AvgIpc) is 3.13. The maximum Gasteiger partial charge on any atom is 0.263 e. The smallest absolute Gasteiger partial charge is 0.263 e. The highest BCUT2D eigenvalue weighted by atomic mass is 35.5. The minimum absolute atomic E-state index is 0.236. The fourth-order valence-corrected chi connectivity index (χ4v) is 5.08. The second-order valence-corrected chi connectivity index (χ2v) is 9.43. The second kappa shape index (κ2) is 9.37. The zero-order valence-electron chi connectivity index (χ0n) is 18.8. The number of rotatable bonds is 6. The lowest BCUT2D eigenvalue weighted by Gasteiger charge is -2.19. The van der Waals surface area contributed by atoms with E-state index < -0.39 is 6.04 Å². The molecule has 0 aliphatic rings. The Morgan fingerprint density at radius 2 is 1.94 bits per heavy atom. The number of fused-ring (bicyclic) bond motifs is 1. The SMILES string of the molecule is CCC(C(=O)Nc1cc(Cl)ccc1OC)n1cnc2sc(C)c(-c3ccc(C)cc3)c2c1=O. The van der Waals surface area contributed by atoms with Gasteiger partial charge in [0.2, 0.25) is 5.91 Å². The third kappa shape index (κ3) is 4.38. The first-order chi connectivity index (χ1) is 15.8. The molecule has 33 heavy (non-hydrogen) atoms. The number of aryl methyl sites for hydroxylation is 2. The Labute approximate surface area is 200 Å². The molecule has 8 heteroatoms. The summed E-state index contributed by atoms with van der Waals surface area (Å²) in [6.45, 7) is 5.87. The van der Waals surface area contributed by atoms with Crippen LogP contribution in [0.15, 0.2) is 53.6 Å². The summed E-state index contributed by atoms with van der Waals surface area (Å²) in [7, 11) is 1.52. The van der Waals surface area contributed by atoms with Gasteiger partial charge in [0.1, 0.15) is 16.6 Å².